The maximum atomic E-state index is 12.9. The number of amides is 2. The summed E-state index contributed by atoms with van der Waals surface area (Å²) < 4.78 is 14.0. The molecule has 0 unspecified atom stereocenters. The van der Waals surface area contributed by atoms with E-state index in [1.807, 2.05) is 17.0 Å². The third kappa shape index (κ3) is 5.26. The molecule has 0 bridgehead atoms. The number of halogens is 1. The van der Waals surface area contributed by atoms with Gasteiger partial charge in [0.05, 0.1) is 0 Å². The van der Waals surface area contributed by atoms with Crippen LogP contribution in [0.4, 0.5) is 5.82 Å². The molecule has 2 aliphatic heterocycles. The van der Waals surface area contributed by atoms with Gasteiger partial charge in [-0.25, -0.2) is 15.0 Å². The quantitative estimate of drug-likeness (QED) is 0.431. The number of anilines is 1. The number of imidazole rings is 1. The average Bonchev–Trinajstić information content (AvgIpc) is 3.51. The van der Waals surface area contributed by atoms with Gasteiger partial charge in [0.25, 0.3) is 0 Å². The fourth-order valence-electron chi connectivity index (χ4n) is 4.74. The number of nitrogens with two attached hydrogens (primary N) is 1. The largest absolute Gasteiger partial charge is 0.454 e. The van der Waals surface area contributed by atoms with Crippen LogP contribution in [0.15, 0.2) is 33.0 Å². The van der Waals surface area contributed by atoms with Crippen LogP contribution in [0.2, 0.25) is 0 Å². The Morgan fingerprint density at radius 3 is 2.66 bits per heavy atom. The van der Waals surface area contributed by atoms with Gasteiger partial charge in [-0.2, -0.15) is 0 Å². The Bertz CT molecular complexity index is 1380. The molecule has 13 heteroatoms. The maximum Gasteiger partial charge on any atom is 0.245 e. The molecule has 0 radical (unpaired) electrons. The molecule has 2 aromatic heterocycles. The number of likely N-dealkylation sites (tertiary alicyclic amines) is 1. The van der Waals surface area contributed by atoms with E-state index in [1.54, 1.807) is 14.0 Å². The van der Waals surface area contributed by atoms with E-state index < -0.39 is 6.04 Å². The maximum absolute atomic E-state index is 12.9. The predicted molar refractivity (Wildman–Crippen MR) is 146 cm³/mol. The summed E-state index contributed by atoms with van der Waals surface area (Å²) in [4.78, 5) is 42.2. The first-order chi connectivity index (χ1) is 18.2. The van der Waals surface area contributed by atoms with E-state index in [-0.39, 0.29) is 18.6 Å². The molecule has 0 spiro atoms. The molecule has 0 saturated carbocycles. The van der Waals surface area contributed by atoms with E-state index in [1.165, 1.54) is 29.9 Å². The predicted octanol–water partition coefficient (Wildman–Crippen LogP) is 3.55. The Labute approximate surface area is 233 Å². The van der Waals surface area contributed by atoms with Crippen LogP contribution in [-0.2, 0) is 16.1 Å². The lowest BCUT2D eigenvalue weighted by Gasteiger charge is -2.35. The molecule has 5 rings (SSSR count). The normalized spacial score (nSPS) is 16.2. The van der Waals surface area contributed by atoms with Gasteiger partial charge in [0.1, 0.15) is 12.4 Å². The first kappa shape index (κ1) is 26.5. The number of hydrogen-bond donors (Lipinski definition) is 1. The molecule has 1 saturated heterocycles. The van der Waals surface area contributed by atoms with Crippen LogP contribution in [-0.4, -0.2) is 74.1 Å². The van der Waals surface area contributed by atoms with Crippen molar-refractivity contribution in [2.45, 2.75) is 55.7 Å². The number of carbonyl (C=O) groups excluding carboxylic acids is 2. The van der Waals surface area contributed by atoms with Gasteiger partial charge in [-0.3, -0.25) is 9.59 Å². The molecule has 2 aliphatic rings. The van der Waals surface area contributed by atoms with Crippen molar-refractivity contribution in [2.24, 2.45) is 5.92 Å². The number of nitrogens with zero attached hydrogens (tertiary/aromatic N) is 6. The Morgan fingerprint density at radius 1 is 1.24 bits per heavy atom. The molecule has 11 nitrogen and oxygen atoms in total. The third-order valence-electron chi connectivity index (χ3n) is 7.28. The van der Waals surface area contributed by atoms with Crippen molar-refractivity contribution in [1.82, 2.24) is 29.3 Å². The van der Waals surface area contributed by atoms with Crippen molar-refractivity contribution < 1.29 is 19.1 Å². The van der Waals surface area contributed by atoms with Gasteiger partial charge in [0, 0.05) is 43.0 Å². The topological polar surface area (TPSA) is 129 Å². The summed E-state index contributed by atoms with van der Waals surface area (Å²) in [6.45, 7) is 5.55. The summed E-state index contributed by atoms with van der Waals surface area (Å²) in [5.74, 6) is 2.09. The minimum atomic E-state index is -0.457. The van der Waals surface area contributed by atoms with Gasteiger partial charge in [0.15, 0.2) is 33.6 Å². The van der Waals surface area contributed by atoms with Crippen LogP contribution in [0.25, 0.3) is 11.2 Å². The highest BCUT2D eigenvalue weighted by Gasteiger charge is 2.29. The van der Waals surface area contributed by atoms with Crippen molar-refractivity contribution in [3.05, 3.63) is 22.9 Å². The highest BCUT2D eigenvalue weighted by Crippen LogP contribution is 2.43. The van der Waals surface area contributed by atoms with E-state index in [9.17, 15) is 9.59 Å². The minimum absolute atomic E-state index is 0.00178. The van der Waals surface area contributed by atoms with E-state index in [0.29, 0.717) is 54.0 Å². The molecule has 0 aliphatic carbocycles. The Balaban J connectivity index is 1.29. The first-order valence-electron chi connectivity index (χ1n) is 12.5. The lowest BCUT2D eigenvalue weighted by atomic mass is 9.93. The molecule has 4 heterocycles. The number of ether oxygens (including phenoxy) is 2. The van der Waals surface area contributed by atoms with E-state index in [4.69, 9.17) is 20.2 Å². The summed E-state index contributed by atoms with van der Waals surface area (Å²) in [6, 6.07) is 3.38. The summed E-state index contributed by atoms with van der Waals surface area (Å²) >= 11 is 5.14. The lowest BCUT2D eigenvalue weighted by molar-refractivity contribution is -0.143. The number of fused-ring (bicyclic) bond motifs is 2. The average molecular weight is 605 g/mol. The lowest BCUT2D eigenvalue weighted by Crippen LogP contribution is -2.49. The first-order valence-corrected chi connectivity index (χ1v) is 14.1. The third-order valence-corrected chi connectivity index (χ3v) is 9.25. The fourth-order valence-corrected chi connectivity index (χ4v) is 6.25. The number of carbonyl (C=O) groups is 2. The molecule has 2 amide bonds. The number of piperidine rings is 1. The van der Waals surface area contributed by atoms with Crippen LogP contribution in [0.3, 0.4) is 0 Å². The standard InChI is InChI=1S/C25H30BrN7O4S/c1-14(31(3)15(2)34)24(35)32-7-4-16(5-8-32)6-9-33-23-21(22(27)28-12-29-23)30-25(33)38-20-11-19-18(10-17(20)26)36-13-37-19/h10-12,14,16H,4-9,13H2,1-3H3,(H2,27,28,29)/t14-/m0/s1. The monoisotopic (exact) mass is 603 g/mol. The Morgan fingerprint density at radius 2 is 1.95 bits per heavy atom. The number of likely N-dealkylation sites (N-methyl/N-ethyl adjacent to an activating group) is 1. The summed E-state index contributed by atoms with van der Waals surface area (Å²) in [6.07, 6.45) is 4.19. The molecule has 1 fully saturated rings. The number of aromatic nitrogens is 4. The minimum Gasteiger partial charge on any atom is -0.454 e. The van der Waals surface area contributed by atoms with Gasteiger partial charge in [0.2, 0.25) is 18.6 Å². The van der Waals surface area contributed by atoms with E-state index in [0.717, 1.165) is 33.8 Å². The second kappa shape index (κ2) is 11.0. The van der Waals surface area contributed by atoms with Crippen LogP contribution in [0.5, 0.6) is 11.5 Å². The van der Waals surface area contributed by atoms with E-state index in [2.05, 4.69) is 30.5 Å². The van der Waals surface area contributed by atoms with Crippen LogP contribution in [0.1, 0.15) is 33.1 Å². The highest BCUT2D eigenvalue weighted by atomic mass is 79.9. The number of aryl methyl sites for hydroxylation is 1. The zero-order valence-corrected chi connectivity index (χ0v) is 23.9. The summed E-state index contributed by atoms with van der Waals surface area (Å²) in [5, 5.41) is 0.764. The highest BCUT2D eigenvalue weighted by molar-refractivity contribution is 9.10. The zero-order chi connectivity index (χ0) is 27.0. The zero-order valence-electron chi connectivity index (χ0n) is 21.5. The molecule has 2 N–H and O–H groups in total. The molecule has 202 valence electrons. The second-order valence-corrected chi connectivity index (χ2v) is 11.4. The SMILES string of the molecule is CC(=O)N(C)[C@@H](C)C(=O)N1CCC(CCn2c(Sc3cc4c(cc3Br)OCO4)nc3c(N)ncnc32)CC1. The van der Waals surface area contributed by atoms with Crippen molar-refractivity contribution >= 4 is 56.5 Å². The molecule has 1 atom stereocenters. The van der Waals surface area contributed by atoms with Crippen LogP contribution < -0.4 is 15.2 Å². The number of rotatable bonds is 7. The van der Waals surface area contributed by atoms with Gasteiger partial charge in [-0.1, -0.05) is 11.8 Å². The number of hydrogen-bond acceptors (Lipinski definition) is 9. The molecule has 38 heavy (non-hydrogen) atoms. The second-order valence-electron chi connectivity index (χ2n) is 9.58. The molecule has 3 aromatic rings. The van der Waals surface area contributed by atoms with Crippen LogP contribution >= 0.6 is 27.7 Å². The van der Waals surface area contributed by atoms with Gasteiger partial charge in [-0.15, -0.1) is 0 Å². The molecular weight excluding hydrogens is 574 g/mol. The van der Waals surface area contributed by atoms with E-state index >= 15 is 0 Å². The Hall–Kier alpha value is -3.06. The van der Waals surface area contributed by atoms with Crippen molar-refractivity contribution in [1.29, 1.82) is 0 Å². The Kier molecular flexibility index (Phi) is 7.66. The van der Waals surface area contributed by atoms with Gasteiger partial charge >= 0.3 is 0 Å². The van der Waals surface area contributed by atoms with Gasteiger partial charge < -0.3 is 29.6 Å². The van der Waals surface area contributed by atoms with Crippen molar-refractivity contribution in [3.8, 4) is 11.5 Å². The van der Waals surface area contributed by atoms with Crippen molar-refractivity contribution in [3.63, 3.8) is 0 Å². The number of nitrogen functional groups attached to an aromatic ring is 1. The summed E-state index contributed by atoms with van der Waals surface area (Å²) in [7, 11) is 1.67. The smallest absolute Gasteiger partial charge is 0.245 e. The fraction of sp³-hybridized carbons (Fsp3) is 0.480. The van der Waals surface area contributed by atoms with Crippen LogP contribution in [0, 0.1) is 5.92 Å². The summed E-state index contributed by atoms with van der Waals surface area (Å²) in [5.41, 5.74) is 7.42. The van der Waals surface area contributed by atoms with Crippen molar-refractivity contribution in [2.75, 3.05) is 32.7 Å². The molecule has 1 aromatic carbocycles. The number of benzene rings is 1. The van der Waals surface area contributed by atoms with Gasteiger partial charge in [-0.05, 0) is 60.2 Å². The molecular formula is C25H30BrN7O4S.